The molecule has 1 aromatic carbocycles. The van der Waals surface area contributed by atoms with E-state index in [1.165, 1.54) is 6.07 Å². The summed E-state index contributed by atoms with van der Waals surface area (Å²) in [5.41, 5.74) is 0.745. The van der Waals surface area contributed by atoms with Crippen molar-refractivity contribution in [2.75, 3.05) is 55.7 Å². The average molecular weight is 479 g/mol. The summed E-state index contributed by atoms with van der Waals surface area (Å²) in [5, 5.41) is 11.7. The van der Waals surface area contributed by atoms with Gasteiger partial charge in [-0.2, -0.15) is 0 Å². The number of hydrogen-bond donors (Lipinski definition) is 0. The summed E-state index contributed by atoms with van der Waals surface area (Å²) in [6, 6.07) is 4.67. The molecule has 0 bridgehead atoms. The van der Waals surface area contributed by atoms with E-state index in [1.807, 2.05) is 4.90 Å². The number of piperidine rings is 1. The first kappa shape index (κ1) is 23.5. The fraction of sp³-hybridized carbons (Fsp3) is 0.636. The molecule has 1 atom stereocenters. The lowest BCUT2D eigenvalue weighted by Gasteiger charge is -2.36. The highest BCUT2D eigenvalue weighted by Gasteiger charge is 2.37. The third-order valence-electron chi connectivity index (χ3n) is 7.00. The minimum absolute atomic E-state index is 0.0487. The second-order valence-electron chi connectivity index (χ2n) is 9.35. The van der Waals surface area contributed by atoms with Crippen molar-refractivity contribution in [3.05, 3.63) is 33.9 Å². The van der Waals surface area contributed by atoms with Gasteiger partial charge in [-0.15, -0.1) is 0 Å². The molecule has 2 amide bonds. The molecule has 33 heavy (non-hydrogen) atoms. The lowest BCUT2D eigenvalue weighted by Crippen LogP contribution is -2.52. The normalized spacial score (nSPS) is 23.5. The van der Waals surface area contributed by atoms with Crippen LogP contribution in [0.3, 0.4) is 0 Å². The molecule has 3 aliphatic rings. The molecule has 3 saturated heterocycles. The number of carbonyl (C=O) groups excluding carboxylic acids is 2. The van der Waals surface area contributed by atoms with E-state index in [4.69, 9.17) is 0 Å². The summed E-state index contributed by atoms with van der Waals surface area (Å²) in [7, 11) is -3.14. The van der Waals surface area contributed by atoms with E-state index < -0.39 is 20.7 Å². The topological polar surface area (TPSA) is 121 Å². The SMILES string of the molecule is CC1CCN(c2ccc(C(=O)N3CCN(C(=O)[C@@H]4CCS(=O)(=O)C4)CC3)cc2[N+](=O)[O-])CC1. The van der Waals surface area contributed by atoms with Crippen LogP contribution in [0.5, 0.6) is 0 Å². The van der Waals surface area contributed by atoms with E-state index in [9.17, 15) is 28.1 Å². The number of sulfone groups is 1. The number of nitrogens with zero attached hydrogens (tertiary/aromatic N) is 4. The Morgan fingerprint density at radius 3 is 2.21 bits per heavy atom. The van der Waals surface area contributed by atoms with Gasteiger partial charge in [0.2, 0.25) is 5.91 Å². The quantitative estimate of drug-likeness (QED) is 0.475. The highest BCUT2D eigenvalue weighted by molar-refractivity contribution is 7.91. The zero-order chi connectivity index (χ0) is 23.8. The molecule has 0 aliphatic carbocycles. The summed E-state index contributed by atoms with van der Waals surface area (Å²) in [4.78, 5) is 42.2. The molecule has 0 spiro atoms. The van der Waals surface area contributed by atoms with Crippen LogP contribution in [0.1, 0.15) is 36.5 Å². The number of amides is 2. The zero-order valence-corrected chi connectivity index (χ0v) is 19.6. The van der Waals surface area contributed by atoms with E-state index in [2.05, 4.69) is 6.92 Å². The van der Waals surface area contributed by atoms with Gasteiger partial charge in [0, 0.05) is 50.9 Å². The molecule has 3 aliphatic heterocycles. The number of anilines is 1. The second kappa shape index (κ2) is 9.28. The van der Waals surface area contributed by atoms with Gasteiger partial charge in [-0.3, -0.25) is 19.7 Å². The molecule has 11 heteroatoms. The molecule has 0 unspecified atom stereocenters. The van der Waals surface area contributed by atoms with Crippen molar-refractivity contribution < 1.29 is 22.9 Å². The molecule has 4 rings (SSSR count). The number of piperazine rings is 1. The molecule has 0 aromatic heterocycles. The molecule has 1 aromatic rings. The van der Waals surface area contributed by atoms with E-state index in [-0.39, 0.29) is 34.6 Å². The van der Waals surface area contributed by atoms with Crippen LogP contribution < -0.4 is 4.90 Å². The van der Waals surface area contributed by atoms with Crippen LogP contribution >= 0.6 is 0 Å². The standard InChI is InChI=1S/C22H30N4O6S/c1-16-4-7-23(8-5-16)19-3-2-17(14-20(19)26(29)30)21(27)24-9-11-25(12-10-24)22(28)18-6-13-33(31,32)15-18/h2-3,14,16,18H,4-13,15H2,1H3/t18-/m1/s1. The Bertz CT molecular complexity index is 1040. The van der Waals surface area contributed by atoms with Crippen molar-refractivity contribution in [3.63, 3.8) is 0 Å². The molecule has 0 saturated carbocycles. The number of nitro benzene ring substituents is 1. The van der Waals surface area contributed by atoms with E-state index >= 15 is 0 Å². The predicted octanol–water partition coefficient (Wildman–Crippen LogP) is 1.55. The van der Waals surface area contributed by atoms with E-state index in [1.54, 1.807) is 21.9 Å². The van der Waals surface area contributed by atoms with Crippen molar-refractivity contribution in [1.29, 1.82) is 0 Å². The maximum absolute atomic E-state index is 13.0. The number of carbonyl (C=O) groups is 2. The largest absolute Gasteiger partial charge is 0.366 e. The Morgan fingerprint density at radius 1 is 1.00 bits per heavy atom. The monoisotopic (exact) mass is 478 g/mol. The number of hydrogen-bond acceptors (Lipinski definition) is 7. The molecule has 180 valence electrons. The maximum Gasteiger partial charge on any atom is 0.293 e. The second-order valence-corrected chi connectivity index (χ2v) is 11.6. The summed E-state index contributed by atoms with van der Waals surface area (Å²) in [6.45, 7) is 4.96. The van der Waals surface area contributed by atoms with Crippen LogP contribution in [0.2, 0.25) is 0 Å². The molecular weight excluding hydrogens is 448 g/mol. The summed E-state index contributed by atoms with van der Waals surface area (Å²) < 4.78 is 23.3. The van der Waals surface area contributed by atoms with Crippen molar-refractivity contribution in [2.45, 2.75) is 26.2 Å². The zero-order valence-electron chi connectivity index (χ0n) is 18.8. The smallest absolute Gasteiger partial charge is 0.293 e. The third-order valence-corrected chi connectivity index (χ3v) is 8.77. The van der Waals surface area contributed by atoms with Crippen molar-refractivity contribution in [3.8, 4) is 0 Å². The van der Waals surface area contributed by atoms with Crippen molar-refractivity contribution in [1.82, 2.24) is 9.80 Å². The van der Waals surface area contributed by atoms with Crippen LogP contribution in [0, 0.1) is 22.0 Å². The van der Waals surface area contributed by atoms with Crippen molar-refractivity contribution >= 4 is 33.0 Å². The fourth-order valence-electron chi connectivity index (χ4n) is 4.88. The van der Waals surface area contributed by atoms with Gasteiger partial charge in [-0.1, -0.05) is 6.92 Å². The number of benzene rings is 1. The van der Waals surface area contributed by atoms with Gasteiger partial charge in [0.1, 0.15) is 5.69 Å². The first-order chi connectivity index (χ1) is 15.6. The first-order valence-corrected chi connectivity index (χ1v) is 13.3. The minimum atomic E-state index is -3.14. The van der Waals surface area contributed by atoms with Gasteiger partial charge in [-0.05, 0) is 37.3 Å². The molecule has 10 nitrogen and oxygen atoms in total. The summed E-state index contributed by atoms with van der Waals surface area (Å²) in [5.74, 6) is -0.411. The van der Waals surface area contributed by atoms with Crippen LogP contribution in [0.15, 0.2) is 18.2 Å². The Labute approximate surface area is 193 Å². The van der Waals surface area contributed by atoms with Crippen LogP contribution in [0.4, 0.5) is 11.4 Å². The first-order valence-electron chi connectivity index (χ1n) is 11.5. The predicted molar refractivity (Wildman–Crippen MR) is 123 cm³/mol. The van der Waals surface area contributed by atoms with Gasteiger partial charge in [0.05, 0.1) is 22.3 Å². The Morgan fingerprint density at radius 2 is 1.64 bits per heavy atom. The third kappa shape index (κ3) is 5.13. The molecule has 0 radical (unpaired) electrons. The number of nitro groups is 1. The summed E-state index contributed by atoms with van der Waals surface area (Å²) >= 11 is 0. The van der Waals surface area contributed by atoms with Gasteiger partial charge < -0.3 is 14.7 Å². The lowest BCUT2D eigenvalue weighted by atomic mass is 9.98. The number of rotatable bonds is 4. The van der Waals surface area contributed by atoms with E-state index in [0.717, 1.165) is 25.9 Å². The maximum atomic E-state index is 13.0. The minimum Gasteiger partial charge on any atom is -0.366 e. The molecule has 3 fully saturated rings. The van der Waals surface area contributed by atoms with Crippen LogP contribution in [-0.4, -0.2) is 85.7 Å². The Balaban J connectivity index is 1.41. The molecular formula is C22H30N4O6S. The van der Waals surface area contributed by atoms with Gasteiger partial charge in [0.15, 0.2) is 9.84 Å². The van der Waals surface area contributed by atoms with Crippen molar-refractivity contribution in [2.24, 2.45) is 11.8 Å². The van der Waals surface area contributed by atoms with Crippen LogP contribution in [-0.2, 0) is 14.6 Å². The lowest BCUT2D eigenvalue weighted by molar-refractivity contribution is -0.384. The van der Waals surface area contributed by atoms with Gasteiger partial charge in [-0.25, -0.2) is 8.42 Å². The Hall–Kier alpha value is -2.69. The van der Waals surface area contributed by atoms with Crippen LogP contribution in [0.25, 0.3) is 0 Å². The van der Waals surface area contributed by atoms with E-state index in [0.29, 0.717) is 44.2 Å². The van der Waals surface area contributed by atoms with Gasteiger partial charge >= 0.3 is 0 Å². The fourth-order valence-corrected chi connectivity index (χ4v) is 6.61. The summed E-state index contributed by atoms with van der Waals surface area (Å²) in [6.07, 6.45) is 2.31. The highest BCUT2D eigenvalue weighted by atomic mass is 32.2. The Kier molecular flexibility index (Phi) is 6.60. The average Bonchev–Trinajstić information content (AvgIpc) is 3.18. The molecule has 3 heterocycles. The highest BCUT2D eigenvalue weighted by Crippen LogP contribution is 2.33. The van der Waals surface area contributed by atoms with Gasteiger partial charge in [0.25, 0.3) is 11.6 Å². The molecule has 0 N–H and O–H groups in total.